The minimum atomic E-state index is 0. The maximum Gasteiger partial charge on any atom is 0.191 e. The molecule has 0 saturated carbocycles. The highest BCUT2D eigenvalue weighted by Crippen LogP contribution is 2.13. The van der Waals surface area contributed by atoms with Crippen LogP contribution in [0.1, 0.15) is 49.3 Å². The molecule has 0 saturated heterocycles. The molecule has 1 aromatic heterocycles. The smallest absolute Gasteiger partial charge is 0.191 e. The number of nitrogens with zero attached hydrogens (tertiary/aromatic N) is 2. The Morgan fingerprint density at radius 1 is 1.17 bits per heavy atom. The van der Waals surface area contributed by atoms with Gasteiger partial charge in [0, 0.05) is 19.7 Å². The molecule has 0 unspecified atom stereocenters. The monoisotopic (exact) mass is 442 g/mol. The highest BCUT2D eigenvalue weighted by Gasteiger charge is 2.08. The van der Waals surface area contributed by atoms with Crippen LogP contribution >= 0.6 is 24.0 Å². The summed E-state index contributed by atoms with van der Waals surface area (Å²) >= 11 is 0. The van der Waals surface area contributed by atoms with Crippen LogP contribution in [-0.4, -0.2) is 18.2 Å². The Morgan fingerprint density at radius 3 is 2.42 bits per heavy atom. The lowest BCUT2D eigenvalue weighted by Crippen LogP contribution is -2.36. The second kappa shape index (κ2) is 10.3. The molecule has 0 aliphatic carbocycles. The minimum Gasteiger partial charge on any atom is -0.359 e. The van der Waals surface area contributed by atoms with E-state index >= 15 is 0 Å². The summed E-state index contributed by atoms with van der Waals surface area (Å²) in [5.74, 6) is 1.93. The Kier molecular flexibility index (Phi) is 8.81. The summed E-state index contributed by atoms with van der Waals surface area (Å²) in [6, 6.07) is 10.4. The second-order valence-corrected chi connectivity index (χ2v) is 5.77. The van der Waals surface area contributed by atoms with Gasteiger partial charge in [0.1, 0.15) is 0 Å². The van der Waals surface area contributed by atoms with E-state index in [2.05, 4.69) is 65.8 Å². The largest absolute Gasteiger partial charge is 0.359 e. The van der Waals surface area contributed by atoms with E-state index < -0.39 is 0 Å². The Labute approximate surface area is 161 Å². The Balaban J connectivity index is 0.00000288. The van der Waals surface area contributed by atoms with Gasteiger partial charge in [-0.1, -0.05) is 50.2 Å². The van der Waals surface area contributed by atoms with Gasteiger partial charge in [-0.05, 0) is 23.5 Å². The van der Waals surface area contributed by atoms with Crippen molar-refractivity contribution in [3.63, 3.8) is 0 Å². The number of aliphatic imine (C=N–C) groups is 1. The number of aromatic nitrogens is 1. The molecule has 2 aromatic rings. The van der Waals surface area contributed by atoms with Crippen molar-refractivity contribution in [3.05, 3.63) is 52.9 Å². The normalized spacial score (nSPS) is 11.3. The first kappa shape index (κ1) is 20.5. The summed E-state index contributed by atoms with van der Waals surface area (Å²) in [7, 11) is 1.76. The SMILES string of the molecule is CCc1ccccc1CNC(=NC)NCc1cc(C(C)C)no1.I. The van der Waals surface area contributed by atoms with Crippen LogP contribution in [0.25, 0.3) is 0 Å². The van der Waals surface area contributed by atoms with Crippen molar-refractivity contribution in [2.45, 2.75) is 46.2 Å². The molecular weight excluding hydrogens is 415 g/mol. The van der Waals surface area contributed by atoms with E-state index in [1.807, 2.05) is 6.07 Å². The number of hydrogen-bond acceptors (Lipinski definition) is 3. The van der Waals surface area contributed by atoms with Crippen LogP contribution in [0.15, 0.2) is 39.8 Å². The van der Waals surface area contributed by atoms with Crippen LogP contribution in [0.4, 0.5) is 0 Å². The Bertz CT molecular complexity index is 652. The van der Waals surface area contributed by atoms with Gasteiger partial charge in [-0.15, -0.1) is 24.0 Å². The zero-order chi connectivity index (χ0) is 16.7. The molecule has 2 N–H and O–H groups in total. The molecule has 0 radical (unpaired) electrons. The first-order chi connectivity index (χ1) is 11.1. The standard InChI is InChI=1S/C18H26N4O.HI/c1-5-14-8-6-7-9-15(14)11-20-18(19-4)21-12-16-10-17(13(2)3)22-23-16;/h6-10,13H,5,11-12H2,1-4H3,(H2,19,20,21);1H. The quantitative estimate of drug-likeness (QED) is 0.406. The van der Waals surface area contributed by atoms with Gasteiger partial charge in [0.2, 0.25) is 0 Å². The second-order valence-electron chi connectivity index (χ2n) is 5.77. The van der Waals surface area contributed by atoms with Crippen LogP contribution in [0.5, 0.6) is 0 Å². The van der Waals surface area contributed by atoms with Gasteiger partial charge in [-0.25, -0.2) is 0 Å². The highest BCUT2D eigenvalue weighted by molar-refractivity contribution is 14.0. The molecule has 6 heteroatoms. The number of hydrogen-bond donors (Lipinski definition) is 2. The number of nitrogens with one attached hydrogen (secondary N) is 2. The lowest BCUT2D eigenvalue weighted by atomic mass is 10.1. The van der Waals surface area contributed by atoms with Gasteiger partial charge < -0.3 is 15.2 Å². The molecule has 0 aliphatic heterocycles. The summed E-state index contributed by atoms with van der Waals surface area (Å²) in [6.45, 7) is 7.68. The number of rotatable bonds is 6. The fourth-order valence-electron chi connectivity index (χ4n) is 2.33. The Hall–Kier alpha value is -1.57. The van der Waals surface area contributed by atoms with Gasteiger partial charge in [0.25, 0.3) is 0 Å². The fraction of sp³-hybridized carbons (Fsp3) is 0.444. The molecule has 0 amide bonds. The van der Waals surface area contributed by atoms with E-state index in [0.717, 1.165) is 30.4 Å². The molecule has 2 rings (SSSR count). The van der Waals surface area contributed by atoms with Crippen molar-refractivity contribution >= 4 is 29.9 Å². The maximum atomic E-state index is 5.32. The number of benzene rings is 1. The van der Waals surface area contributed by atoms with Crippen molar-refractivity contribution in [1.29, 1.82) is 0 Å². The zero-order valence-corrected chi connectivity index (χ0v) is 17.1. The zero-order valence-electron chi connectivity index (χ0n) is 14.8. The van der Waals surface area contributed by atoms with E-state index in [1.165, 1.54) is 11.1 Å². The van der Waals surface area contributed by atoms with Gasteiger partial charge in [0.15, 0.2) is 11.7 Å². The molecule has 0 atom stereocenters. The summed E-state index contributed by atoms with van der Waals surface area (Å²) in [6.07, 6.45) is 1.03. The Morgan fingerprint density at radius 2 is 1.83 bits per heavy atom. The number of aryl methyl sites for hydroxylation is 1. The lowest BCUT2D eigenvalue weighted by molar-refractivity contribution is 0.372. The number of guanidine groups is 1. The van der Waals surface area contributed by atoms with Gasteiger partial charge in [-0.2, -0.15) is 0 Å². The third-order valence-electron chi connectivity index (χ3n) is 3.77. The molecule has 24 heavy (non-hydrogen) atoms. The molecule has 0 aliphatic rings. The van der Waals surface area contributed by atoms with Crippen LogP contribution in [0.3, 0.4) is 0 Å². The predicted molar refractivity (Wildman–Crippen MR) is 109 cm³/mol. The summed E-state index contributed by atoms with van der Waals surface area (Å²) in [5, 5.41) is 10.6. The summed E-state index contributed by atoms with van der Waals surface area (Å²) < 4.78 is 5.32. The van der Waals surface area contributed by atoms with Crippen molar-refractivity contribution in [3.8, 4) is 0 Å². The van der Waals surface area contributed by atoms with Crippen molar-refractivity contribution in [2.75, 3.05) is 7.05 Å². The molecule has 5 nitrogen and oxygen atoms in total. The molecular formula is C18H27IN4O. The van der Waals surface area contributed by atoms with Crippen LogP contribution in [0, 0.1) is 0 Å². The highest BCUT2D eigenvalue weighted by atomic mass is 127. The molecule has 0 bridgehead atoms. The fourth-order valence-corrected chi connectivity index (χ4v) is 2.33. The molecule has 132 valence electrons. The number of halogens is 1. The van der Waals surface area contributed by atoms with E-state index in [9.17, 15) is 0 Å². The average molecular weight is 442 g/mol. The van der Waals surface area contributed by atoms with Crippen LogP contribution in [0.2, 0.25) is 0 Å². The summed E-state index contributed by atoms with van der Waals surface area (Å²) in [5.41, 5.74) is 3.62. The molecule has 0 spiro atoms. The molecule has 1 heterocycles. The first-order valence-electron chi connectivity index (χ1n) is 8.10. The van der Waals surface area contributed by atoms with Gasteiger partial charge >= 0.3 is 0 Å². The van der Waals surface area contributed by atoms with Crippen LogP contribution < -0.4 is 10.6 Å². The van der Waals surface area contributed by atoms with Crippen molar-refractivity contribution in [2.24, 2.45) is 4.99 Å². The third kappa shape index (κ3) is 5.81. The minimum absolute atomic E-state index is 0. The topological polar surface area (TPSA) is 62.5 Å². The third-order valence-corrected chi connectivity index (χ3v) is 3.77. The van der Waals surface area contributed by atoms with E-state index in [1.54, 1.807) is 7.05 Å². The lowest BCUT2D eigenvalue weighted by Gasteiger charge is -2.13. The maximum absolute atomic E-state index is 5.32. The predicted octanol–water partition coefficient (Wildman–Crippen LogP) is 3.84. The van der Waals surface area contributed by atoms with Crippen LogP contribution in [-0.2, 0) is 19.5 Å². The molecule has 1 aromatic carbocycles. The van der Waals surface area contributed by atoms with Crippen molar-refractivity contribution in [1.82, 2.24) is 15.8 Å². The van der Waals surface area contributed by atoms with Gasteiger partial charge in [0.05, 0.1) is 12.2 Å². The summed E-state index contributed by atoms with van der Waals surface area (Å²) in [4.78, 5) is 4.25. The first-order valence-corrected chi connectivity index (χ1v) is 8.10. The molecule has 0 fully saturated rings. The van der Waals surface area contributed by atoms with E-state index in [0.29, 0.717) is 12.5 Å². The van der Waals surface area contributed by atoms with Gasteiger partial charge in [-0.3, -0.25) is 4.99 Å². The van der Waals surface area contributed by atoms with Crippen molar-refractivity contribution < 1.29 is 4.52 Å². The van der Waals surface area contributed by atoms with E-state index in [4.69, 9.17) is 4.52 Å². The van der Waals surface area contributed by atoms with E-state index in [-0.39, 0.29) is 24.0 Å². The average Bonchev–Trinajstić information content (AvgIpc) is 3.04.